The minimum atomic E-state index is -0.406. The minimum absolute atomic E-state index is 0.180. The summed E-state index contributed by atoms with van der Waals surface area (Å²) in [5, 5.41) is 12.6. The van der Waals surface area contributed by atoms with Crippen LogP contribution in [0.1, 0.15) is 32.7 Å². The average molecular weight is 515 g/mol. The lowest BCUT2D eigenvalue weighted by molar-refractivity contribution is 0.0689. The first-order valence-corrected chi connectivity index (χ1v) is 12.1. The van der Waals surface area contributed by atoms with E-state index >= 15 is 0 Å². The number of halogens is 1. The number of hydrogen-bond acceptors (Lipinski definition) is 7. The van der Waals surface area contributed by atoms with Crippen LogP contribution in [0.25, 0.3) is 11.3 Å². The predicted octanol–water partition coefficient (Wildman–Crippen LogP) is 3.01. The Morgan fingerprint density at radius 2 is 2.05 bits per heavy atom. The average Bonchev–Trinajstić information content (AvgIpc) is 3.36. The topological polar surface area (TPSA) is 135 Å². The normalized spacial score (nSPS) is 13.5. The molecule has 5 rings (SSSR count). The summed E-state index contributed by atoms with van der Waals surface area (Å²) in [5.74, 6) is 0.415. The molecular formula is C27H27FN8O2. The van der Waals surface area contributed by atoms with Crippen molar-refractivity contribution in [3.8, 4) is 11.3 Å². The van der Waals surface area contributed by atoms with Crippen molar-refractivity contribution in [2.45, 2.75) is 26.6 Å². The number of fused-ring (bicyclic) bond motifs is 1. The molecule has 0 fully saturated rings. The minimum Gasteiger partial charge on any atom is -0.392 e. The molecule has 1 aliphatic rings. The number of carbonyl (C=O) groups is 1. The van der Waals surface area contributed by atoms with Crippen LogP contribution in [0.3, 0.4) is 0 Å². The highest BCUT2D eigenvalue weighted by Gasteiger charge is 2.27. The van der Waals surface area contributed by atoms with E-state index in [0.717, 1.165) is 11.1 Å². The number of nitrogens with zero attached hydrogens (tertiary/aromatic N) is 6. The number of amidine groups is 1. The maximum Gasteiger partial charge on any atom is 0.270 e. The Morgan fingerprint density at radius 3 is 2.84 bits per heavy atom. The van der Waals surface area contributed by atoms with Crippen molar-refractivity contribution < 1.29 is 14.3 Å². The first-order chi connectivity index (χ1) is 18.4. The Labute approximate surface area is 218 Å². The number of aliphatic imine (C=N–C) groups is 1. The highest BCUT2D eigenvalue weighted by Crippen LogP contribution is 2.28. The predicted molar refractivity (Wildman–Crippen MR) is 141 cm³/mol. The molecule has 0 radical (unpaired) electrons. The Balaban J connectivity index is 1.43. The quantitative estimate of drug-likeness (QED) is 0.255. The van der Waals surface area contributed by atoms with Crippen molar-refractivity contribution in [2.75, 3.05) is 18.9 Å². The molecule has 4 aromatic rings. The second-order valence-corrected chi connectivity index (χ2v) is 8.95. The second-order valence-electron chi connectivity index (χ2n) is 8.95. The van der Waals surface area contributed by atoms with Gasteiger partial charge in [0.05, 0.1) is 17.9 Å². The first kappa shape index (κ1) is 25.0. The number of carbonyl (C=O) groups excluding carboxylic acids is 1. The summed E-state index contributed by atoms with van der Waals surface area (Å²) in [7, 11) is 1.75. The molecule has 3 aromatic heterocycles. The number of aryl methyl sites for hydroxylation is 1. The molecule has 4 heterocycles. The fraction of sp³-hybridized carbons (Fsp3) is 0.222. The lowest BCUT2D eigenvalue weighted by Gasteiger charge is -2.29. The van der Waals surface area contributed by atoms with Crippen molar-refractivity contribution in [1.82, 2.24) is 24.4 Å². The number of rotatable bonds is 7. The molecular weight excluding hydrogens is 487 g/mol. The van der Waals surface area contributed by atoms with Crippen LogP contribution < -0.4 is 11.1 Å². The van der Waals surface area contributed by atoms with Gasteiger partial charge in [-0.15, -0.1) is 0 Å². The number of nitrogens with two attached hydrogens (primary N) is 1. The number of aromatic nitrogens is 4. The summed E-state index contributed by atoms with van der Waals surface area (Å²) in [6.45, 7) is 2.89. The molecule has 11 heteroatoms. The number of pyridine rings is 1. The number of hydrogen-bond donors (Lipinski definition) is 3. The largest absolute Gasteiger partial charge is 0.392 e. The Hall–Kier alpha value is -4.64. The monoisotopic (exact) mass is 514 g/mol. The molecule has 1 aromatic carbocycles. The summed E-state index contributed by atoms with van der Waals surface area (Å²) in [6, 6.07) is 9.57. The highest BCUT2D eigenvalue weighted by atomic mass is 19.1. The van der Waals surface area contributed by atoms with Crippen LogP contribution in [0.4, 0.5) is 16.2 Å². The molecule has 0 spiro atoms. The lowest BCUT2D eigenvalue weighted by Crippen LogP contribution is -2.39. The van der Waals surface area contributed by atoms with Crippen LogP contribution in [0, 0.1) is 12.7 Å². The fourth-order valence-corrected chi connectivity index (χ4v) is 4.51. The van der Waals surface area contributed by atoms with Crippen LogP contribution in [-0.4, -0.2) is 54.9 Å². The lowest BCUT2D eigenvalue weighted by atomic mass is 10.1. The van der Waals surface area contributed by atoms with E-state index < -0.39 is 5.82 Å². The van der Waals surface area contributed by atoms with Gasteiger partial charge >= 0.3 is 0 Å². The molecule has 4 N–H and O–H groups in total. The van der Waals surface area contributed by atoms with Crippen LogP contribution in [0.2, 0.25) is 0 Å². The number of aliphatic hydroxyl groups excluding tert-OH is 1. The van der Waals surface area contributed by atoms with Crippen molar-refractivity contribution in [2.24, 2.45) is 10.7 Å². The van der Waals surface area contributed by atoms with E-state index in [1.165, 1.54) is 12.1 Å². The third kappa shape index (κ3) is 4.83. The number of amides is 1. The highest BCUT2D eigenvalue weighted by molar-refractivity contribution is 6.02. The molecule has 0 aliphatic carbocycles. The van der Waals surface area contributed by atoms with Gasteiger partial charge < -0.3 is 25.6 Å². The molecule has 10 nitrogen and oxygen atoms in total. The molecule has 0 bridgehead atoms. The number of anilines is 1. The second kappa shape index (κ2) is 10.4. The zero-order valence-electron chi connectivity index (χ0n) is 21.0. The Kier molecular flexibility index (Phi) is 6.84. The van der Waals surface area contributed by atoms with E-state index in [-0.39, 0.29) is 30.8 Å². The molecule has 0 saturated carbocycles. The van der Waals surface area contributed by atoms with E-state index in [9.17, 15) is 14.3 Å². The Morgan fingerprint density at radius 1 is 1.21 bits per heavy atom. The van der Waals surface area contributed by atoms with Gasteiger partial charge in [-0.2, -0.15) is 4.99 Å². The van der Waals surface area contributed by atoms with Gasteiger partial charge in [0.2, 0.25) is 0 Å². The molecule has 0 unspecified atom stereocenters. The van der Waals surface area contributed by atoms with Gasteiger partial charge in [-0.05, 0) is 53.9 Å². The maximum absolute atomic E-state index is 13.8. The van der Waals surface area contributed by atoms with Gasteiger partial charge in [-0.25, -0.2) is 19.3 Å². The van der Waals surface area contributed by atoms with E-state index in [0.29, 0.717) is 47.0 Å². The molecule has 0 saturated heterocycles. The van der Waals surface area contributed by atoms with Gasteiger partial charge in [0, 0.05) is 50.8 Å². The molecule has 1 aliphatic heterocycles. The fourth-order valence-electron chi connectivity index (χ4n) is 4.51. The van der Waals surface area contributed by atoms with Crippen molar-refractivity contribution in [3.05, 3.63) is 88.8 Å². The summed E-state index contributed by atoms with van der Waals surface area (Å²) in [4.78, 5) is 32.6. The SMILES string of the molecule is CNc1ncccc1C(N)=Nc1ncc(C)c(-c2cc3n(c2)CCN(Cc2cc(F)ccc2CO)C3=O)n1. The number of benzene rings is 1. The van der Waals surface area contributed by atoms with E-state index in [4.69, 9.17) is 5.73 Å². The molecule has 0 atom stereocenters. The standard InChI is InChI=1S/C27H27FN8O2/c1-16-12-32-27(34-24(29)21-4-3-7-31-25(21)30-2)33-23(16)19-11-22-26(38)36(9-8-35(22)14-19)13-18-10-20(28)6-5-17(18)15-37/h3-7,10-12,14,37H,8-9,13,15H2,1-2H3,(H,30,31)(H2,29,32,33,34). The Bertz CT molecular complexity index is 1550. The van der Waals surface area contributed by atoms with Crippen LogP contribution >= 0.6 is 0 Å². The van der Waals surface area contributed by atoms with Crippen LogP contribution in [0.5, 0.6) is 0 Å². The summed E-state index contributed by atoms with van der Waals surface area (Å²) >= 11 is 0. The molecule has 1 amide bonds. The van der Waals surface area contributed by atoms with Gasteiger partial charge in [-0.1, -0.05) is 6.07 Å². The van der Waals surface area contributed by atoms with Crippen LogP contribution in [-0.2, 0) is 19.7 Å². The smallest absolute Gasteiger partial charge is 0.270 e. The summed E-state index contributed by atoms with van der Waals surface area (Å²) in [5.41, 5.74) is 10.8. The summed E-state index contributed by atoms with van der Waals surface area (Å²) < 4.78 is 15.7. The zero-order chi connectivity index (χ0) is 26.8. The van der Waals surface area contributed by atoms with Crippen molar-refractivity contribution >= 4 is 23.5 Å². The first-order valence-electron chi connectivity index (χ1n) is 12.1. The maximum atomic E-state index is 13.8. The number of nitrogens with one attached hydrogen (secondary N) is 1. The van der Waals surface area contributed by atoms with Gasteiger partial charge in [-0.3, -0.25) is 4.79 Å². The van der Waals surface area contributed by atoms with E-state index in [1.807, 2.05) is 17.7 Å². The van der Waals surface area contributed by atoms with Gasteiger partial charge in [0.15, 0.2) is 0 Å². The van der Waals surface area contributed by atoms with E-state index in [2.05, 4.69) is 25.3 Å². The van der Waals surface area contributed by atoms with Gasteiger partial charge in [0.1, 0.15) is 23.2 Å². The van der Waals surface area contributed by atoms with Crippen LogP contribution in [0.15, 0.2) is 60.0 Å². The third-order valence-corrected chi connectivity index (χ3v) is 6.49. The van der Waals surface area contributed by atoms with Gasteiger partial charge in [0.25, 0.3) is 11.9 Å². The van der Waals surface area contributed by atoms with Crippen molar-refractivity contribution in [1.29, 1.82) is 0 Å². The number of aliphatic hydroxyl groups is 1. The van der Waals surface area contributed by atoms with E-state index in [1.54, 1.807) is 48.6 Å². The molecule has 194 valence electrons. The molecule has 38 heavy (non-hydrogen) atoms. The zero-order valence-corrected chi connectivity index (χ0v) is 21.0. The van der Waals surface area contributed by atoms with Crippen molar-refractivity contribution in [3.63, 3.8) is 0 Å². The summed E-state index contributed by atoms with van der Waals surface area (Å²) in [6.07, 6.45) is 5.21. The third-order valence-electron chi connectivity index (χ3n) is 6.49.